The molecule has 4 rings (SSSR count). The topological polar surface area (TPSA) is 24.1 Å². The molecule has 0 amide bonds. The van der Waals surface area contributed by atoms with Crippen molar-refractivity contribution < 1.29 is 0 Å². The highest BCUT2D eigenvalue weighted by Crippen LogP contribution is 2.38. The number of aryl methyl sites for hydroxylation is 3. The molecule has 0 fully saturated rings. The van der Waals surface area contributed by atoms with Crippen LogP contribution in [0.4, 0.5) is 0 Å². The third-order valence-electron chi connectivity index (χ3n) is 5.02. The molecule has 0 bridgehead atoms. The third-order valence-corrected chi connectivity index (χ3v) is 5.24. The van der Waals surface area contributed by atoms with Crippen LogP contribution in [0.1, 0.15) is 46.7 Å². The predicted octanol–water partition coefficient (Wildman–Crippen LogP) is 4.57. The zero-order valence-electron chi connectivity index (χ0n) is 14.1. The predicted molar refractivity (Wildman–Crippen MR) is 104 cm³/mol. The summed E-state index contributed by atoms with van der Waals surface area (Å²) in [6.07, 6.45) is 3.38. The van der Waals surface area contributed by atoms with Crippen molar-refractivity contribution in [2.75, 3.05) is 0 Å². The van der Waals surface area contributed by atoms with Crippen LogP contribution in [-0.2, 0) is 6.42 Å². The molecule has 3 heteroatoms. The summed E-state index contributed by atoms with van der Waals surface area (Å²) in [5.41, 5.74) is 9.26. The summed E-state index contributed by atoms with van der Waals surface area (Å²) in [5, 5.41) is 7.66. The molecule has 0 saturated heterocycles. The van der Waals surface area contributed by atoms with Crippen LogP contribution in [0.15, 0.2) is 48.0 Å². The van der Waals surface area contributed by atoms with Crippen molar-refractivity contribution in [1.82, 2.24) is 10.6 Å². The van der Waals surface area contributed by atoms with E-state index in [2.05, 4.69) is 66.9 Å². The number of benzene rings is 2. The molecule has 1 unspecified atom stereocenters. The largest absolute Gasteiger partial charge is 0.352 e. The molecular weight excluding hydrogens is 312 g/mol. The lowest BCUT2D eigenvalue weighted by molar-refractivity contribution is 0.665. The highest BCUT2D eigenvalue weighted by atomic mass is 32.1. The normalized spacial score (nSPS) is 19.8. The number of rotatable bonds is 1. The summed E-state index contributed by atoms with van der Waals surface area (Å²) in [4.78, 5) is 0. The van der Waals surface area contributed by atoms with Crippen molar-refractivity contribution in [3.05, 3.63) is 75.9 Å². The monoisotopic (exact) mass is 334 g/mol. The average Bonchev–Trinajstić information content (AvgIpc) is 2.74. The van der Waals surface area contributed by atoms with Gasteiger partial charge in [0.2, 0.25) is 0 Å². The summed E-state index contributed by atoms with van der Waals surface area (Å²) in [6, 6.07) is 15.7. The van der Waals surface area contributed by atoms with Crippen LogP contribution in [0.25, 0.3) is 5.70 Å². The van der Waals surface area contributed by atoms with Crippen molar-refractivity contribution in [2.45, 2.75) is 39.2 Å². The maximum atomic E-state index is 5.53. The summed E-state index contributed by atoms with van der Waals surface area (Å²) in [7, 11) is 0. The number of nitrogens with one attached hydrogen (secondary N) is 2. The first kappa shape index (κ1) is 15.4. The Hall–Kier alpha value is -2.13. The summed E-state index contributed by atoms with van der Waals surface area (Å²) < 4.78 is 0. The van der Waals surface area contributed by atoms with Gasteiger partial charge in [0.05, 0.1) is 6.04 Å². The van der Waals surface area contributed by atoms with E-state index < -0.39 is 0 Å². The Morgan fingerprint density at radius 3 is 2.50 bits per heavy atom. The van der Waals surface area contributed by atoms with Crippen LogP contribution in [0.5, 0.6) is 0 Å². The Labute approximate surface area is 149 Å². The van der Waals surface area contributed by atoms with Gasteiger partial charge < -0.3 is 10.6 Å². The van der Waals surface area contributed by atoms with Crippen LogP contribution in [0, 0.1) is 13.8 Å². The molecule has 1 aliphatic heterocycles. The van der Waals surface area contributed by atoms with E-state index in [9.17, 15) is 0 Å². The van der Waals surface area contributed by atoms with E-state index in [-0.39, 0.29) is 6.04 Å². The fraction of sp³-hybridized carbons (Fsp3) is 0.286. The Morgan fingerprint density at radius 2 is 1.71 bits per heavy atom. The lowest BCUT2D eigenvalue weighted by Gasteiger charge is -2.32. The smallest absolute Gasteiger partial charge is 0.171 e. The zero-order valence-corrected chi connectivity index (χ0v) is 15.0. The maximum Gasteiger partial charge on any atom is 0.171 e. The van der Waals surface area contributed by atoms with Gasteiger partial charge >= 0.3 is 0 Å². The number of fused-ring (bicyclic) bond motifs is 2. The molecule has 2 N–H and O–H groups in total. The van der Waals surface area contributed by atoms with Crippen molar-refractivity contribution >= 4 is 23.0 Å². The molecule has 2 aliphatic rings. The van der Waals surface area contributed by atoms with E-state index in [0.717, 1.165) is 12.8 Å². The second-order valence-corrected chi connectivity index (χ2v) is 7.26. The van der Waals surface area contributed by atoms with Crippen molar-refractivity contribution in [1.29, 1.82) is 0 Å². The zero-order chi connectivity index (χ0) is 16.7. The molecule has 122 valence electrons. The highest BCUT2D eigenvalue weighted by molar-refractivity contribution is 7.80. The quantitative estimate of drug-likeness (QED) is 0.747. The van der Waals surface area contributed by atoms with Gasteiger partial charge in [-0.15, -0.1) is 0 Å². The first-order valence-corrected chi connectivity index (χ1v) is 8.99. The van der Waals surface area contributed by atoms with Gasteiger partial charge in [-0.3, -0.25) is 0 Å². The highest BCUT2D eigenvalue weighted by Gasteiger charge is 2.29. The van der Waals surface area contributed by atoms with Gasteiger partial charge in [0, 0.05) is 11.3 Å². The molecule has 0 radical (unpaired) electrons. The standard InChI is InChI=1S/C21H22N2S/c1-13-6-10-16(11-7-13)19-17-5-3-4-15-9-8-14(2)12-18(15)20(17)23-21(24)22-19/h6-12,19H,3-5H2,1-2H3,(H2,22,23,24). The second-order valence-electron chi connectivity index (χ2n) is 6.86. The van der Waals surface area contributed by atoms with Gasteiger partial charge in [0.25, 0.3) is 0 Å². The molecule has 1 atom stereocenters. The Morgan fingerprint density at radius 1 is 0.958 bits per heavy atom. The van der Waals surface area contributed by atoms with Gasteiger partial charge in [-0.2, -0.15) is 0 Å². The fourth-order valence-electron chi connectivity index (χ4n) is 3.76. The first-order chi connectivity index (χ1) is 11.6. The minimum absolute atomic E-state index is 0.167. The van der Waals surface area contributed by atoms with Gasteiger partial charge in [-0.25, -0.2) is 0 Å². The van der Waals surface area contributed by atoms with Crippen LogP contribution in [0.2, 0.25) is 0 Å². The first-order valence-electron chi connectivity index (χ1n) is 8.59. The summed E-state index contributed by atoms with van der Waals surface area (Å²) in [5.74, 6) is 0. The summed E-state index contributed by atoms with van der Waals surface area (Å²) >= 11 is 5.53. The third kappa shape index (κ3) is 2.73. The minimum atomic E-state index is 0.167. The Balaban J connectivity index is 1.87. The average molecular weight is 334 g/mol. The second kappa shape index (κ2) is 6.06. The van der Waals surface area contributed by atoms with Gasteiger partial charge in [0.15, 0.2) is 5.11 Å². The fourth-order valence-corrected chi connectivity index (χ4v) is 3.98. The number of hydrogen-bond donors (Lipinski definition) is 2. The number of hydrogen-bond acceptors (Lipinski definition) is 1. The molecule has 2 aromatic rings. The van der Waals surface area contributed by atoms with Crippen LogP contribution in [-0.4, -0.2) is 5.11 Å². The van der Waals surface area contributed by atoms with Crippen LogP contribution < -0.4 is 10.6 Å². The Kier molecular flexibility index (Phi) is 3.89. The molecule has 0 spiro atoms. The Bertz CT molecular complexity index is 833. The van der Waals surface area contributed by atoms with Gasteiger partial charge in [0.1, 0.15) is 0 Å². The SMILES string of the molecule is Cc1ccc(C2NC(=S)NC3=C2CCCc2ccc(C)cc23)cc1. The van der Waals surface area contributed by atoms with Crippen molar-refractivity contribution in [3.63, 3.8) is 0 Å². The number of thiocarbonyl (C=S) groups is 1. The van der Waals surface area contributed by atoms with E-state index >= 15 is 0 Å². The van der Waals surface area contributed by atoms with E-state index in [4.69, 9.17) is 12.2 Å². The molecule has 2 aromatic carbocycles. The van der Waals surface area contributed by atoms with Crippen LogP contribution in [0.3, 0.4) is 0 Å². The molecular formula is C21H22N2S. The molecule has 1 aliphatic carbocycles. The van der Waals surface area contributed by atoms with Crippen molar-refractivity contribution in [3.8, 4) is 0 Å². The van der Waals surface area contributed by atoms with Crippen molar-refractivity contribution in [2.24, 2.45) is 0 Å². The molecule has 24 heavy (non-hydrogen) atoms. The van der Waals surface area contributed by atoms with E-state index in [0.29, 0.717) is 5.11 Å². The summed E-state index contributed by atoms with van der Waals surface area (Å²) in [6.45, 7) is 4.28. The molecule has 0 aromatic heterocycles. The molecule has 1 heterocycles. The lowest BCUT2D eigenvalue weighted by atomic mass is 9.90. The van der Waals surface area contributed by atoms with E-state index in [1.54, 1.807) is 0 Å². The maximum absolute atomic E-state index is 5.53. The van der Waals surface area contributed by atoms with E-state index in [1.165, 1.54) is 45.5 Å². The minimum Gasteiger partial charge on any atom is -0.352 e. The van der Waals surface area contributed by atoms with Gasteiger partial charge in [-0.05, 0) is 68.1 Å². The van der Waals surface area contributed by atoms with Crippen LogP contribution >= 0.6 is 12.2 Å². The molecule has 0 saturated carbocycles. The molecule has 2 nitrogen and oxygen atoms in total. The van der Waals surface area contributed by atoms with E-state index in [1.807, 2.05) is 0 Å². The van der Waals surface area contributed by atoms with Gasteiger partial charge in [-0.1, -0.05) is 47.5 Å². The lowest BCUT2D eigenvalue weighted by Crippen LogP contribution is -2.43.